The Labute approximate surface area is 112 Å². The summed E-state index contributed by atoms with van der Waals surface area (Å²) >= 11 is 7.14. The lowest BCUT2D eigenvalue weighted by molar-refractivity contribution is -0.313. The first kappa shape index (κ1) is 13.0. The molecule has 1 aromatic rings. The van der Waals surface area contributed by atoms with Gasteiger partial charge in [-0.05, 0) is 12.8 Å². The first-order valence-electron chi connectivity index (χ1n) is 5.32. The van der Waals surface area contributed by atoms with Gasteiger partial charge >= 0.3 is 0 Å². The van der Waals surface area contributed by atoms with Crippen LogP contribution in [-0.4, -0.2) is 16.9 Å². The lowest BCUT2D eigenvalue weighted by Crippen LogP contribution is -2.41. The van der Waals surface area contributed by atoms with Crippen molar-refractivity contribution >= 4 is 39.8 Å². The van der Waals surface area contributed by atoms with E-state index in [1.807, 2.05) is 0 Å². The van der Waals surface area contributed by atoms with Crippen LogP contribution in [0, 0.1) is 11.8 Å². The van der Waals surface area contributed by atoms with Crippen LogP contribution in [0.25, 0.3) is 0 Å². The summed E-state index contributed by atoms with van der Waals surface area (Å²) in [6.45, 7) is 0. The quantitative estimate of drug-likeness (QED) is 0.897. The summed E-state index contributed by atoms with van der Waals surface area (Å²) < 4.78 is 0. The molecule has 18 heavy (non-hydrogen) atoms. The first-order valence-corrected chi connectivity index (χ1v) is 6.58. The number of carboxylic acid groups (broad SMARTS) is 1. The molecule has 2 atom stereocenters. The van der Waals surface area contributed by atoms with E-state index in [1.54, 1.807) is 11.6 Å². The second-order valence-electron chi connectivity index (χ2n) is 3.98. The molecule has 7 heteroatoms. The van der Waals surface area contributed by atoms with Gasteiger partial charge in [0.1, 0.15) is 5.00 Å². The third-order valence-corrected chi connectivity index (χ3v) is 3.81. The topological polar surface area (TPSA) is 82.1 Å². The third kappa shape index (κ3) is 2.88. The zero-order valence-electron chi connectivity index (χ0n) is 9.26. The van der Waals surface area contributed by atoms with Gasteiger partial charge in [0.15, 0.2) is 0 Å². The van der Waals surface area contributed by atoms with Crippen LogP contribution in [0.1, 0.15) is 12.8 Å². The van der Waals surface area contributed by atoms with Crippen molar-refractivity contribution < 1.29 is 14.7 Å². The minimum absolute atomic E-state index is 0.224. The molecule has 1 amide bonds. The summed E-state index contributed by atoms with van der Waals surface area (Å²) in [6.07, 6.45) is 3.59. The van der Waals surface area contributed by atoms with Crippen LogP contribution in [0.4, 0.5) is 5.00 Å². The number of halogens is 1. The van der Waals surface area contributed by atoms with Crippen molar-refractivity contribution in [3.63, 3.8) is 0 Å². The number of allylic oxidation sites excluding steroid dienone is 2. The van der Waals surface area contributed by atoms with Crippen LogP contribution in [0.5, 0.6) is 0 Å². The van der Waals surface area contributed by atoms with Gasteiger partial charge in [0.25, 0.3) is 0 Å². The van der Waals surface area contributed by atoms with Gasteiger partial charge in [0.2, 0.25) is 5.91 Å². The Kier molecular flexibility index (Phi) is 3.98. The van der Waals surface area contributed by atoms with Gasteiger partial charge in [-0.3, -0.25) is 9.78 Å². The fourth-order valence-electron chi connectivity index (χ4n) is 1.88. The van der Waals surface area contributed by atoms with Gasteiger partial charge < -0.3 is 15.2 Å². The maximum absolute atomic E-state index is 12.0. The maximum atomic E-state index is 12.0. The van der Waals surface area contributed by atoms with E-state index in [0.717, 1.165) is 0 Å². The predicted octanol–water partition coefficient (Wildman–Crippen LogP) is 0.980. The number of hydrogen-bond acceptors (Lipinski definition) is 5. The normalized spacial score (nSPS) is 23.3. The number of aliphatic carboxylic acids is 1. The van der Waals surface area contributed by atoms with E-state index in [9.17, 15) is 14.7 Å². The minimum atomic E-state index is -1.22. The molecule has 1 aromatic heterocycles. The second kappa shape index (κ2) is 5.49. The predicted molar refractivity (Wildman–Crippen MR) is 65.9 cm³/mol. The number of hydrogen-bond donors (Lipinski definition) is 1. The molecule has 1 N–H and O–H groups in total. The first-order chi connectivity index (χ1) is 8.58. The van der Waals surface area contributed by atoms with Gasteiger partial charge in [-0.25, -0.2) is 0 Å². The molecule has 2 rings (SSSR count). The molecule has 0 aliphatic heterocycles. The number of anilines is 1. The van der Waals surface area contributed by atoms with Crippen molar-refractivity contribution in [2.75, 3.05) is 5.32 Å². The van der Waals surface area contributed by atoms with Gasteiger partial charge in [-0.2, -0.15) is 0 Å². The number of nitrogens with one attached hydrogen (secondary N) is 1. The highest BCUT2D eigenvalue weighted by molar-refractivity contribution is 7.13. The highest BCUT2D eigenvalue weighted by atomic mass is 35.5. The summed E-state index contributed by atoms with van der Waals surface area (Å²) in [5.41, 5.74) is 1.58. The van der Waals surface area contributed by atoms with Crippen molar-refractivity contribution in [1.29, 1.82) is 0 Å². The summed E-state index contributed by atoms with van der Waals surface area (Å²) in [4.78, 5) is 26.8. The molecule has 0 fully saturated rings. The number of aromatic nitrogens is 1. The molecule has 0 saturated carbocycles. The molecule has 2 unspecified atom stereocenters. The SMILES string of the molecule is O=C([O-])C1CC=C(Cl)CC1C(=O)Nc1cncs1. The van der Waals surface area contributed by atoms with E-state index in [4.69, 9.17) is 11.6 Å². The smallest absolute Gasteiger partial charge is 0.229 e. The fourth-order valence-corrected chi connectivity index (χ4v) is 2.65. The highest BCUT2D eigenvalue weighted by Gasteiger charge is 2.32. The Morgan fingerprint density at radius 2 is 2.28 bits per heavy atom. The number of carbonyl (C=O) groups excluding carboxylic acids is 2. The highest BCUT2D eigenvalue weighted by Crippen LogP contribution is 2.32. The van der Waals surface area contributed by atoms with E-state index in [-0.39, 0.29) is 18.7 Å². The zero-order valence-corrected chi connectivity index (χ0v) is 10.8. The van der Waals surface area contributed by atoms with Crippen molar-refractivity contribution in [1.82, 2.24) is 4.98 Å². The van der Waals surface area contributed by atoms with E-state index >= 15 is 0 Å². The van der Waals surface area contributed by atoms with Crippen molar-refractivity contribution in [3.8, 4) is 0 Å². The molecular weight excluding hydrogens is 276 g/mol. The average Bonchev–Trinajstić information content (AvgIpc) is 2.81. The molecule has 5 nitrogen and oxygen atoms in total. The van der Waals surface area contributed by atoms with E-state index in [2.05, 4.69) is 10.3 Å². The molecule has 0 spiro atoms. The number of nitrogens with zero attached hydrogens (tertiary/aromatic N) is 1. The average molecular weight is 286 g/mol. The second-order valence-corrected chi connectivity index (χ2v) is 5.35. The summed E-state index contributed by atoms with van der Waals surface area (Å²) in [5, 5.41) is 14.7. The molecule has 96 valence electrons. The Hall–Kier alpha value is -1.40. The van der Waals surface area contributed by atoms with Gasteiger partial charge in [-0.15, -0.1) is 11.3 Å². The number of thiazole rings is 1. The van der Waals surface area contributed by atoms with Crippen LogP contribution in [0.3, 0.4) is 0 Å². The van der Waals surface area contributed by atoms with Crippen LogP contribution in [0.15, 0.2) is 22.8 Å². The summed E-state index contributed by atoms with van der Waals surface area (Å²) in [5.74, 6) is -3.12. The van der Waals surface area contributed by atoms with Gasteiger partial charge in [0.05, 0.1) is 17.6 Å². The van der Waals surface area contributed by atoms with Gasteiger partial charge in [0, 0.05) is 16.9 Å². The van der Waals surface area contributed by atoms with Crippen molar-refractivity contribution in [2.45, 2.75) is 12.8 Å². The maximum Gasteiger partial charge on any atom is 0.229 e. The third-order valence-electron chi connectivity index (χ3n) is 2.81. The number of carbonyl (C=O) groups is 2. The Bertz CT molecular complexity index is 486. The van der Waals surface area contributed by atoms with Crippen LogP contribution in [-0.2, 0) is 9.59 Å². The van der Waals surface area contributed by atoms with Crippen molar-refractivity contribution in [2.24, 2.45) is 11.8 Å². The van der Waals surface area contributed by atoms with Crippen molar-refractivity contribution in [3.05, 3.63) is 22.8 Å². The Balaban J connectivity index is 2.11. The lowest BCUT2D eigenvalue weighted by Gasteiger charge is -2.29. The molecule has 0 bridgehead atoms. The lowest BCUT2D eigenvalue weighted by atomic mass is 9.82. The monoisotopic (exact) mass is 285 g/mol. The molecule has 1 heterocycles. The molecule has 0 radical (unpaired) electrons. The van der Waals surface area contributed by atoms with Crippen LogP contribution in [0.2, 0.25) is 0 Å². The minimum Gasteiger partial charge on any atom is -0.550 e. The molecule has 1 aliphatic carbocycles. The Morgan fingerprint density at radius 3 is 2.89 bits per heavy atom. The van der Waals surface area contributed by atoms with E-state index < -0.39 is 17.8 Å². The number of amides is 1. The van der Waals surface area contributed by atoms with Crippen LogP contribution >= 0.6 is 22.9 Å². The number of carboxylic acids is 1. The summed E-state index contributed by atoms with van der Waals surface area (Å²) in [6, 6.07) is 0. The van der Waals surface area contributed by atoms with Gasteiger partial charge in [-0.1, -0.05) is 17.7 Å². The fraction of sp³-hybridized carbons (Fsp3) is 0.364. The standard InChI is InChI=1S/C11H11ClN2O3S/c12-6-1-2-7(11(16)17)8(3-6)10(15)14-9-4-13-5-18-9/h1,4-5,7-8H,2-3H2,(H,14,15)(H,16,17)/p-1. The molecule has 0 saturated heterocycles. The molecule has 1 aliphatic rings. The van der Waals surface area contributed by atoms with Crippen LogP contribution < -0.4 is 10.4 Å². The Morgan fingerprint density at radius 1 is 1.50 bits per heavy atom. The van der Waals surface area contributed by atoms with E-state index in [0.29, 0.717) is 10.0 Å². The zero-order chi connectivity index (χ0) is 13.1. The van der Waals surface area contributed by atoms with E-state index in [1.165, 1.54) is 17.5 Å². The largest absolute Gasteiger partial charge is 0.550 e. The molecular formula is C11H10ClN2O3S-. The summed E-state index contributed by atoms with van der Waals surface area (Å²) in [7, 11) is 0. The number of rotatable bonds is 3. The molecule has 0 aromatic carbocycles.